The van der Waals surface area contributed by atoms with Crippen molar-refractivity contribution in [2.75, 3.05) is 20.1 Å². The van der Waals surface area contributed by atoms with Gasteiger partial charge in [0.2, 0.25) is 5.91 Å². The summed E-state index contributed by atoms with van der Waals surface area (Å²) in [6.45, 7) is 3.09. The molecule has 20 heavy (non-hydrogen) atoms. The highest BCUT2D eigenvalue weighted by molar-refractivity contribution is 8.01. The van der Waals surface area contributed by atoms with Crippen LogP contribution in [0.5, 0.6) is 0 Å². The summed E-state index contributed by atoms with van der Waals surface area (Å²) in [6.07, 6.45) is 0.707. The van der Waals surface area contributed by atoms with Crippen molar-refractivity contribution >= 4 is 17.7 Å². The maximum atomic E-state index is 13.9. The number of nitrogens with zero attached hydrogens (tertiary/aromatic N) is 1. The molecular formula is C14H18F2N2OS. The maximum absolute atomic E-state index is 13.9. The van der Waals surface area contributed by atoms with Crippen molar-refractivity contribution < 1.29 is 13.6 Å². The van der Waals surface area contributed by atoms with Gasteiger partial charge in [-0.25, -0.2) is 8.78 Å². The number of carbonyl (C=O) groups is 1. The molecule has 110 valence electrons. The second-order valence-corrected chi connectivity index (χ2v) is 5.97. The van der Waals surface area contributed by atoms with Gasteiger partial charge >= 0.3 is 0 Å². The van der Waals surface area contributed by atoms with Gasteiger partial charge in [0.05, 0.1) is 5.25 Å². The van der Waals surface area contributed by atoms with Crippen molar-refractivity contribution in [2.24, 2.45) is 0 Å². The summed E-state index contributed by atoms with van der Waals surface area (Å²) in [7, 11) is 1.80. The van der Waals surface area contributed by atoms with E-state index in [0.29, 0.717) is 25.1 Å². The van der Waals surface area contributed by atoms with Gasteiger partial charge in [-0.05, 0) is 19.5 Å². The summed E-state index contributed by atoms with van der Waals surface area (Å²) in [4.78, 5) is 14.0. The number of benzene rings is 1. The molecule has 0 bridgehead atoms. The van der Waals surface area contributed by atoms with E-state index in [-0.39, 0.29) is 16.5 Å². The minimum Gasteiger partial charge on any atom is -0.324 e. The summed E-state index contributed by atoms with van der Waals surface area (Å²) in [6, 6.07) is 3.54. The van der Waals surface area contributed by atoms with Gasteiger partial charge in [-0.15, -0.1) is 11.8 Å². The van der Waals surface area contributed by atoms with Gasteiger partial charge in [-0.1, -0.05) is 13.0 Å². The van der Waals surface area contributed by atoms with Gasteiger partial charge in [0, 0.05) is 24.7 Å². The average Bonchev–Trinajstić information content (AvgIpc) is 2.73. The lowest BCUT2D eigenvalue weighted by Gasteiger charge is -2.24. The van der Waals surface area contributed by atoms with Crippen LogP contribution < -0.4 is 5.32 Å². The van der Waals surface area contributed by atoms with Crippen molar-refractivity contribution in [3.8, 4) is 0 Å². The normalized spacial score (nSPS) is 22.6. The number of halogens is 2. The molecule has 0 radical (unpaired) electrons. The second-order valence-electron chi connectivity index (χ2n) is 4.69. The van der Waals surface area contributed by atoms with Crippen LogP contribution in [0.3, 0.4) is 0 Å². The number of amides is 1. The van der Waals surface area contributed by atoms with E-state index in [1.165, 1.54) is 23.9 Å². The summed E-state index contributed by atoms with van der Waals surface area (Å²) < 4.78 is 27.0. The number of likely N-dealkylation sites (N-methyl/N-ethyl adjacent to an activating group) is 1. The summed E-state index contributed by atoms with van der Waals surface area (Å²) in [5.74, 6) is -1.17. The summed E-state index contributed by atoms with van der Waals surface area (Å²) >= 11 is 1.44. The van der Waals surface area contributed by atoms with E-state index >= 15 is 0 Å². The van der Waals surface area contributed by atoms with Crippen molar-refractivity contribution in [1.82, 2.24) is 10.2 Å². The molecule has 6 heteroatoms. The topological polar surface area (TPSA) is 32.3 Å². The second kappa shape index (κ2) is 6.54. The van der Waals surface area contributed by atoms with E-state index in [0.717, 1.165) is 6.07 Å². The Balaban J connectivity index is 2.29. The van der Waals surface area contributed by atoms with Crippen LogP contribution in [0.1, 0.15) is 24.3 Å². The van der Waals surface area contributed by atoms with Gasteiger partial charge < -0.3 is 10.2 Å². The Hall–Kier alpha value is -1.14. The molecule has 0 aliphatic carbocycles. The zero-order valence-electron chi connectivity index (χ0n) is 11.5. The van der Waals surface area contributed by atoms with Gasteiger partial charge in [0.1, 0.15) is 17.0 Å². The molecule has 2 rings (SSSR count). The van der Waals surface area contributed by atoms with E-state index < -0.39 is 11.6 Å². The van der Waals surface area contributed by atoms with E-state index in [4.69, 9.17) is 0 Å². The Labute approximate surface area is 121 Å². The van der Waals surface area contributed by atoms with Gasteiger partial charge in [0.25, 0.3) is 0 Å². The Kier molecular flexibility index (Phi) is 4.99. The first-order valence-corrected chi connectivity index (χ1v) is 7.58. The minimum atomic E-state index is -0.602. The number of hydrogen-bond acceptors (Lipinski definition) is 3. The van der Waals surface area contributed by atoms with Crippen LogP contribution in [0.2, 0.25) is 0 Å². The minimum absolute atomic E-state index is 0.0291. The molecule has 1 aromatic rings. The average molecular weight is 300 g/mol. The predicted molar refractivity (Wildman–Crippen MR) is 76.4 cm³/mol. The van der Waals surface area contributed by atoms with Gasteiger partial charge in [-0.3, -0.25) is 4.79 Å². The van der Waals surface area contributed by atoms with E-state index in [9.17, 15) is 13.6 Å². The van der Waals surface area contributed by atoms with Gasteiger partial charge in [-0.2, -0.15) is 0 Å². The molecule has 0 spiro atoms. The van der Waals surface area contributed by atoms with Crippen LogP contribution in [-0.2, 0) is 4.79 Å². The largest absolute Gasteiger partial charge is 0.324 e. The zero-order chi connectivity index (χ0) is 14.7. The molecule has 0 unspecified atom stereocenters. The Morgan fingerprint density at radius 3 is 2.75 bits per heavy atom. The molecule has 3 nitrogen and oxygen atoms in total. The van der Waals surface area contributed by atoms with E-state index in [1.807, 2.05) is 6.92 Å². The maximum Gasteiger partial charge on any atom is 0.236 e. The molecule has 1 N–H and O–H groups in total. The highest BCUT2D eigenvalue weighted by atomic mass is 32.2. The van der Waals surface area contributed by atoms with Crippen molar-refractivity contribution in [1.29, 1.82) is 0 Å². The third-order valence-electron chi connectivity index (χ3n) is 3.34. The van der Waals surface area contributed by atoms with E-state index in [1.54, 1.807) is 11.9 Å². The smallest absolute Gasteiger partial charge is 0.236 e. The highest BCUT2D eigenvalue weighted by Gasteiger charge is 2.40. The fraction of sp³-hybridized carbons (Fsp3) is 0.500. The molecule has 1 fully saturated rings. The van der Waals surface area contributed by atoms with E-state index in [2.05, 4.69) is 5.32 Å². The first-order chi connectivity index (χ1) is 9.58. The van der Waals surface area contributed by atoms with Crippen LogP contribution in [0, 0.1) is 11.6 Å². The molecule has 1 heterocycles. The summed E-state index contributed by atoms with van der Waals surface area (Å²) in [5, 5.41) is 2.46. The predicted octanol–water partition coefficient (Wildman–Crippen LogP) is 2.54. The Bertz CT molecular complexity index is 498. The Morgan fingerprint density at radius 2 is 2.15 bits per heavy atom. The fourth-order valence-electron chi connectivity index (χ4n) is 2.26. The van der Waals surface area contributed by atoms with Crippen LogP contribution in [0.4, 0.5) is 8.78 Å². The number of carbonyl (C=O) groups excluding carboxylic acids is 1. The monoisotopic (exact) mass is 300 g/mol. The van der Waals surface area contributed by atoms with Gasteiger partial charge in [0.15, 0.2) is 0 Å². The molecule has 0 saturated carbocycles. The number of thioether (sulfide) groups is 1. The number of nitrogens with one attached hydrogen (secondary N) is 1. The number of rotatable bonds is 5. The lowest BCUT2D eigenvalue weighted by Crippen LogP contribution is -2.36. The molecular weight excluding hydrogens is 282 g/mol. The van der Waals surface area contributed by atoms with Crippen LogP contribution >= 0.6 is 11.8 Å². The number of hydrogen-bond donors (Lipinski definition) is 1. The SMILES string of the molecule is CC[C@@H]1S[C@H](c2ccc(F)cc2F)N(CCNC)C1=O. The van der Waals surface area contributed by atoms with Crippen LogP contribution in [-0.4, -0.2) is 36.2 Å². The quantitative estimate of drug-likeness (QED) is 0.907. The molecule has 1 saturated heterocycles. The first-order valence-electron chi connectivity index (χ1n) is 6.64. The van der Waals surface area contributed by atoms with Crippen molar-refractivity contribution in [2.45, 2.75) is 24.0 Å². The molecule has 2 atom stereocenters. The molecule has 1 aliphatic rings. The molecule has 1 aromatic carbocycles. The highest BCUT2D eigenvalue weighted by Crippen LogP contribution is 2.44. The lowest BCUT2D eigenvalue weighted by molar-refractivity contribution is -0.130. The third-order valence-corrected chi connectivity index (χ3v) is 4.97. The first kappa shape index (κ1) is 15.3. The van der Waals surface area contributed by atoms with Crippen molar-refractivity contribution in [3.63, 3.8) is 0 Å². The third kappa shape index (κ3) is 2.96. The Morgan fingerprint density at radius 1 is 1.40 bits per heavy atom. The molecule has 1 aliphatic heterocycles. The zero-order valence-corrected chi connectivity index (χ0v) is 12.3. The van der Waals surface area contributed by atoms with Crippen molar-refractivity contribution in [3.05, 3.63) is 35.4 Å². The standard InChI is InChI=1S/C14H18F2N2OS/c1-3-12-13(19)18(7-6-17-2)14(20-12)10-5-4-9(15)8-11(10)16/h4-5,8,12,14,17H,3,6-7H2,1-2H3/t12-,14+/m0/s1. The molecule has 0 aromatic heterocycles. The summed E-state index contributed by atoms with van der Waals surface area (Å²) in [5.41, 5.74) is 0.372. The fourth-order valence-corrected chi connectivity index (χ4v) is 3.71. The molecule has 1 amide bonds. The van der Waals surface area contributed by atoms with Crippen LogP contribution in [0.25, 0.3) is 0 Å². The van der Waals surface area contributed by atoms with Crippen LogP contribution in [0.15, 0.2) is 18.2 Å². The lowest BCUT2D eigenvalue weighted by atomic mass is 10.1.